The third kappa shape index (κ3) is 3.52. The molecule has 25 heavy (non-hydrogen) atoms. The lowest BCUT2D eigenvalue weighted by Crippen LogP contribution is -2.13. The molecule has 8 heteroatoms. The van der Waals surface area contributed by atoms with Crippen LogP contribution in [0.2, 0.25) is 0 Å². The molecule has 0 aliphatic rings. The van der Waals surface area contributed by atoms with Gasteiger partial charge in [0.15, 0.2) is 4.77 Å². The Hall–Kier alpha value is -3.57. The summed E-state index contributed by atoms with van der Waals surface area (Å²) in [7, 11) is 0. The van der Waals surface area contributed by atoms with E-state index in [0.717, 1.165) is 11.1 Å². The van der Waals surface area contributed by atoms with Crippen molar-refractivity contribution in [3.8, 4) is 17.3 Å². The summed E-state index contributed by atoms with van der Waals surface area (Å²) in [6, 6.07) is 10.9. The second-order valence-corrected chi connectivity index (χ2v) is 5.43. The number of benzene rings is 1. The minimum absolute atomic E-state index is 0.0559. The molecule has 0 aliphatic heterocycles. The number of aromatic nitrogens is 4. The van der Waals surface area contributed by atoms with Crippen molar-refractivity contribution >= 4 is 24.4 Å². The standard InChI is InChI=1S/C17H11N5O2S/c18-9-12-13(21-17(25)22-15(12)23)6-5-10-3-1-2-4-11(10)14-7-8-19-16(24)20-14/h1-8H,(H,19,20,24)(H2,21,22,23,25). The summed E-state index contributed by atoms with van der Waals surface area (Å²) in [5, 5.41) is 9.15. The first-order chi connectivity index (χ1) is 12.1. The number of aromatic amines is 3. The van der Waals surface area contributed by atoms with Gasteiger partial charge in [-0.15, -0.1) is 0 Å². The van der Waals surface area contributed by atoms with E-state index in [1.165, 1.54) is 6.20 Å². The molecule has 0 spiro atoms. The molecule has 0 bridgehead atoms. The van der Waals surface area contributed by atoms with Crippen LogP contribution in [0.4, 0.5) is 0 Å². The Morgan fingerprint density at radius 2 is 1.88 bits per heavy atom. The van der Waals surface area contributed by atoms with E-state index in [1.807, 2.05) is 30.3 Å². The first kappa shape index (κ1) is 16.3. The fourth-order valence-corrected chi connectivity index (χ4v) is 2.53. The van der Waals surface area contributed by atoms with Crippen LogP contribution >= 0.6 is 12.2 Å². The zero-order valence-electron chi connectivity index (χ0n) is 12.7. The topological polar surface area (TPSA) is 118 Å². The van der Waals surface area contributed by atoms with Crippen LogP contribution in [-0.4, -0.2) is 19.9 Å². The van der Waals surface area contributed by atoms with Gasteiger partial charge in [-0.3, -0.25) is 9.78 Å². The molecule has 122 valence electrons. The lowest BCUT2D eigenvalue weighted by Gasteiger charge is -2.05. The van der Waals surface area contributed by atoms with Gasteiger partial charge in [-0.1, -0.05) is 30.3 Å². The van der Waals surface area contributed by atoms with Gasteiger partial charge in [-0.05, 0) is 29.9 Å². The van der Waals surface area contributed by atoms with Crippen LogP contribution in [0.3, 0.4) is 0 Å². The average molecular weight is 349 g/mol. The fourth-order valence-electron chi connectivity index (χ4n) is 2.33. The number of rotatable bonds is 3. The number of hydrogen-bond donors (Lipinski definition) is 3. The minimum atomic E-state index is -0.544. The van der Waals surface area contributed by atoms with Crippen LogP contribution in [0.25, 0.3) is 23.4 Å². The van der Waals surface area contributed by atoms with Crippen molar-refractivity contribution in [2.24, 2.45) is 0 Å². The molecular formula is C17H11N5O2S. The molecule has 3 rings (SSSR count). The quantitative estimate of drug-likeness (QED) is 0.627. The SMILES string of the molecule is N#Cc1c(C=Cc2ccccc2-c2ccnc(=O)[nH]2)[nH]c(=S)[nH]c1=O. The van der Waals surface area contributed by atoms with Crippen molar-refractivity contribution in [2.75, 3.05) is 0 Å². The lowest BCUT2D eigenvalue weighted by atomic mass is 10.0. The normalized spacial score (nSPS) is 10.7. The molecule has 0 amide bonds. The van der Waals surface area contributed by atoms with E-state index in [2.05, 4.69) is 19.9 Å². The van der Waals surface area contributed by atoms with Crippen molar-refractivity contribution in [1.29, 1.82) is 5.26 Å². The molecule has 1 aromatic carbocycles. The Balaban J connectivity index is 2.11. The van der Waals surface area contributed by atoms with Gasteiger partial charge in [0.25, 0.3) is 5.56 Å². The van der Waals surface area contributed by atoms with Crippen molar-refractivity contribution < 1.29 is 0 Å². The second-order valence-electron chi connectivity index (χ2n) is 5.02. The predicted molar refractivity (Wildman–Crippen MR) is 96.2 cm³/mol. The van der Waals surface area contributed by atoms with Gasteiger partial charge >= 0.3 is 5.69 Å². The molecule has 2 heterocycles. The zero-order valence-corrected chi connectivity index (χ0v) is 13.6. The first-order valence-corrected chi connectivity index (χ1v) is 7.59. The Morgan fingerprint density at radius 3 is 2.64 bits per heavy atom. The molecule has 0 saturated heterocycles. The number of nitrogens with zero attached hydrogens (tertiary/aromatic N) is 2. The number of nitriles is 1. The summed E-state index contributed by atoms with van der Waals surface area (Å²) in [6.45, 7) is 0. The molecule has 3 aromatic rings. The summed E-state index contributed by atoms with van der Waals surface area (Å²) in [4.78, 5) is 34.7. The maximum Gasteiger partial charge on any atom is 0.345 e. The smallest absolute Gasteiger partial charge is 0.331 e. The third-order valence-corrected chi connectivity index (χ3v) is 3.64. The van der Waals surface area contributed by atoms with Crippen molar-refractivity contribution in [3.05, 3.63) is 79.0 Å². The molecule has 3 N–H and O–H groups in total. The average Bonchev–Trinajstić information content (AvgIpc) is 2.60. The highest BCUT2D eigenvalue weighted by atomic mass is 32.1. The molecule has 7 nitrogen and oxygen atoms in total. The van der Waals surface area contributed by atoms with E-state index in [9.17, 15) is 9.59 Å². The van der Waals surface area contributed by atoms with Gasteiger partial charge < -0.3 is 9.97 Å². The Morgan fingerprint density at radius 1 is 1.08 bits per heavy atom. The van der Waals surface area contributed by atoms with Gasteiger partial charge in [-0.2, -0.15) is 5.26 Å². The van der Waals surface area contributed by atoms with E-state index in [4.69, 9.17) is 17.5 Å². The number of hydrogen-bond acceptors (Lipinski definition) is 5. The second kappa shape index (κ2) is 6.90. The van der Waals surface area contributed by atoms with Crippen molar-refractivity contribution in [3.63, 3.8) is 0 Å². The first-order valence-electron chi connectivity index (χ1n) is 7.18. The van der Waals surface area contributed by atoms with Gasteiger partial charge in [-0.25, -0.2) is 9.78 Å². The molecule has 2 aromatic heterocycles. The van der Waals surface area contributed by atoms with Crippen molar-refractivity contribution in [1.82, 2.24) is 19.9 Å². The summed E-state index contributed by atoms with van der Waals surface area (Å²) in [5.41, 5.74) is 1.45. The minimum Gasteiger partial charge on any atom is -0.331 e. The third-order valence-electron chi connectivity index (χ3n) is 3.44. The van der Waals surface area contributed by atoms with Gasteiger partial charge in [0, 0.05) is 11.8 Å². The largest absolute Gasteiger partial charge is 0.345 e. The van der Waals surface area contributed by atoms with Gasteiger partial charge in [0.05, 0.1) is 11.4 Å². The van der Waals surface area contributed by atoms with E-state index >= 15 is 0 Å². The maximum atomic E-state index is 11.8. The van der Waals surface area contributed by atoms with Crippen LogP contribution in [0.1, 0.15) is 16.8 Å². The molecule has 0 atom stereocenters. The van der Waals surface area contributed by atoms with Crippen LogP contribution in [0, 0.1) is 16.1 Å². The van der Waals surface area contributed by atoms with E-state index < -0.39 is 11.2 Å². The molecule has 0 aliphatic carbocycles. The molecule has 0 unspecified atom stereocenters. The summed E-state index contributed by atoms with van der Waals surface area (Å²) >= 11 is 4.94. The highest BCUT2D eigenvalue weighted by Crippen LogP contribution is 2.22. The van der Waals surface area contributed by atoms with E-state index in [1.54, 1.807) is 18.2 Å². The highest BCUT2D eigenvalue weighted by Gasteiger charge is 2.06. The number of nitrogens with one attached hydrogen (secondary N) is 3. The van der Waals surface area contributed by atoms with Gasteiger partial charge in [0.2, 0.25) is 0 Å². The Kier molecular flexibility index (Phi) is 4.50. The number of H-pyrrole nitrogens is 3. The van der Waals surface area contributed by atoms with Gasteiger partial charge in [0.1, 0.15) is 11.6 Å². The van der Waals surface area contributed by atoms with Crippen molar-refractivity contribution in [2.45, 2.75) is 0 Å². The Bertz CT molecular complexity index is 1180. The lowest BCUT2D eigenvalue weighted by molar-refractivity contribution is 1.06. The van der Waals surface area contributed by atoms with Crippen LogP contribution < -0.4 is 11.2 Å². The maximum absolute atomic E-state index is 11.8. The van der Waals surface area contributed by atoms with E-state index in [-0.39, 0.29) is 10.3 Å². The molecule has 0 fully saturated rings. The summed E-state index contributed by atoms with van der Waals surface area (Å²) in [5.74, 6) is 0. The fraction of sp³-hybridized carbons (Fsp3) is 0. The highest BCUT2D eigenvalue weighted by molar-refractivity contribution is 7.71. The molecule has 0 saturated carbocycles. The Labute approximate surface area is 146 Å². The summed E-state index contributed by atoms with van der Waals surface area (Å²) in [6.07, 6.45) is 4.76. The monoisotopic (exact) mass is 349 g/mol. The summed E-state index contributed by atoms with van der Waals surface area (Å²) < 4.78 is 0.135. The van der Waals surface area contributed by atoms with Crippen LogP contribution in [0.5, 0.6) is 0 Å². The zero-order chi connectivity index (χ0) is 17.8. The molecule has 0 radical (unpaired) electrons. The molecular weight excluding hydrogens is 338 g/mol. The van der Waals surface area contributed by atoms with Crippen LogP contribution in [0.15, 0.2) is 46.1 Å². The van der Waals surface area contributed by atoms with Crippen LogP contribution in [-0.2, 0) is 0 Å². The van der Waals surface area contributed by atoms with E-state index in [0.29, 0.717) is 11.4 Å². The predicted octanol–water partition coefficient (Wildman–Crippen LogP) is 2.22.